The van der Waals surface area contributed by atoms with Gasteiger partial charge in [-0.1, -0.05) is 30.3 Å². The quantitative estimate of drug-likeness (QED) is 0.769. The number of rotatable bonds is 5. The third-order valence-corrected chi connectivity index (χ3v) is 4.27. The van der Waals surface area contributed by atoms with Crippen LogP contribution in [0.1, 0.15) is 40.8 Å². The Bertz CT molecular complexity index is 966. The maximum Gasteiger partial charge on any atom is 0.295 e. The molecule has 1 amide bonds. The molecule has 6 heteroatoms. The van der Waals surface area contributed by atoms with E-state index in [2.05, 4.69) is 21.5 Å². The number of anilines is 1. The molecule has 0 saturated heterocycles. The molecule has 2 aromatic carbocycles. The van der Waals surface area contributed by atoms with Gasteiger partial charge in [0.2, 0.25) is 5.82 Å². The van der Waals surface area contributed by atoms with Gasteiger partial charge in [0, 0.05) is 11.6 Å². The van der Waals surface area contributed by atoms with Crippen LogP contribution in [-0.4, -0.2) is 20.7 Å². The van der Waals surface area contributed by atoms with Crippen LogP contribution in [-0.2, 0) is 6.42 Å². The van der Waals surface area contributed by atoms with Gasteiger partial charge in [0.1, 0.15) is 5.82 Å². The first-order chi connectivity index (χ1) is 12.7. The number of hydrogen-bond acceptors (Lipinski definition) is 4. The molecule has 0 aliphatic heterocycles. The van der Waals surface area contributed by atoms with Crippen molar-refractivity contribution in [3.8, 4) is 11.8 Å². The molecule has 1 aliphatic rings. The Hall–Kier alpha value is -3.46. The van der Waals surface area contributed by atoms with Gasteiger partial charge in [-0.25, -0.2) is 9.67 Å². The van der Waals surface area contributed by atoms with E-state index in [1.54, 1.807) is 16.8 Å². The Balaban J connectivity index is 1.57. The number of carbonyl (C=O) groups excluding carboxylic acids is 1. The lowest BCUT2D eigenvalue weighted by atomic mass is 10.1. The van der Waals surface area contributed by atoms with Crippen molar-refractivity contribution in [3.63, 3.8) is 0 Å². The van der Waals surface area contributed by atoms with Crippen LogP contribution in [0.4, 0.5) is 5.69 Å². The van der Waals surface area contributed by atoms with E-state index in [9.17, 15) is 4.79 Å². The van der Waals surface area contributed by atoms with Gasteiger partial charge < -0.3 is 5.32 Å². The van der Waals surface area contributed by atoms with Crippen LogP contribution in [0, 0.1) is 11.3 Å². The van der Waals surface area contributed by atoms with Crippen molar-refractivity contribution in [2.24, 2.45) is 0 Å². The van der Waals surface area contributed by atoms with Crippen LogP contribution < -0.4 is 5.32 Å². The van der Waals surface area contributed by atoms with Crippen LogP contribution >= 0.6 is 0 Å². The first-order valence-corrected chi connectivity index (χ1v) is 8.54. The van der Waals surface area contributed by atoms with E-state index < -0.39 is 0 Å². The van der Waals surface area contributed by atoms with Gasteiger partial charge >= 0.3 is 0 Å². The average molecular weight is 343 g/mol. The van der Waals surface area contributed by atoms with E-state index in [1.807, 2.05) is 42.5 Å². The Morgan fingerprint density at radius 3 is 2.54 bits per heavy atom. The maximum atomic E-state index is 12.6. The van der Waals surface area contributed by atoms with E-state index in [4.69, 9.17) is 5.26 Å². The van der Waals surface area contributed by atoms with Crippen LogP contribution in [0.3, 0.4) is 0 Å². The molecule has 0 atom stereocenters. The zero-order chi connectivity index (χ0) is 17.9. The van der Waals surface area contributed by atoms with Gasteiger partial charge in [0.25, 0.3) is 5.91 Å². The van der Waals surface area contributed by atoms with E-state index in [0.29, 0.717) is 18.0 Å². The van der Waals surface area contributed by atoms with Crippen molar-refractivity contribution in [2.75, 3.05) is 5.32 Å². The lowest BCUT2D eigenvalue weighted by Gasteiger charge is -2.04. The number of carbonyl (C=O) groups is 1. The summed E-state index contributed by atoms with van der Waals surface area (Å²) in [6.07, 6.45) is 2.50. The summed E-state index contributed by atoms with van der Waals surface area (Å²) < 4.78 is 1.77. The van der Waals surface area contributed by atoms with E-state index in [-0.39, 0.29) is 11.7 Å². The maximum absolute atomic E-state index is 12.6. The Morgan fingerprint density at radius 1 is 1.15 bits per heavy atom. The highest BCUT2D eigenvalue weighted by molar-refractivity contribution is 6.01. The summed E-state index contributed by atoms with van der Waals surface area (Å²) in [5, 5.41) is 16.0. The number of hydrogen-bond donors (Lipinski definition) is 1. The third kappa shape index (κ3) is 3.33. The number of nitriles is 1. The van der Waals surface area contributed by atoms with E-state index in [1.165, 1.54) is 0 Å². The number of benzene rings is 2. The van der Waals surface area contributed by atoms with Gasteiger partial charge in [-0.2, -0.15) is 5.26 Å². The molecule has 3 aromatic rings. The van der Waals surface area contributed by atoms with Crippen molar-refractivity contribution in [3.05, 3.63) is 71.8 Å². The van der Waals surface area contributed by atoms with E-state index >= 15 is 0 Å². The highest BCUT2D eigenvalue weighted by atomic mass is 16.2. The molecule has 1 N–H and O–H groups in total. The number of nitrogens with one attached hydrogen (secondary N) is 1. The Morgan fingerprint density at radius 2 is 1.88 bits per heavy atom. The third-order valence-electron chi connectivity index (χ3n) is 4.27. The molecule has 128 valence electrons. The van der Waals surface area contributed by atoms with Gasteiger partial charge in [0.15, 0.2) is 0 Å². The zero-order valence-corrected chi connectivity index (χ0v) is 14.1. The minimum atomic E-state index is -0.338. The summed E-state index contributed by atoms with van der Waals surface area (Å²) in [7, 11) is 0. The molecule has 1 heterocycles. The molecule has 1 saturated carbocycles. The van der Waals surface area contributed by atoms with Gasteiger partial charge in [-0.05, 0) is 42.7 Å². The summed E-state index contributed by atoms with van der Waals surface area (Å²) >= 11 is 0. The minimum Gasteiger partial charge on any atom is -0.319 e. The molecule has 1 aromatic heterocycles. The van der Waals surface area contributed by atoms with Crippen molar-refractivity contribution in [1.29, 1.82) is 5.26 Å². The summed E-state index contributed by atoms with van der Waals surface area (Å²) in [4.78, 5) is 17.1. The average Bonchev–Trinajstić information content (AvgIpc) is 3.42. The standard InChI is InChI=1S/C20H17N5O/c21-13-12-14-6-10-16(11-7-14)22-20(26)18-23-19(15-8-9-15)25(24-18)17-4-2-1-3-5-17/h1-7,10-11,15H,8-9,12H2,(H,22,26). The number of para-hydroxylation sites is 1. The van der Waals surface area contributed by atoms with Crippen LogP contribution in [0.15, 0.2) is 54.6 Å². The monoisotopic (exact) mass is 343 g/mol. The molecular formula is C20H17N5O. The van der Waals surface area contributed by atoms with Crippen molar-refractivity contribution < 1.29 is 4.79 Å². The first-order valence-electron chi connectivity index (χ1n) is 8.54. The van der Waals surface area contributed by atoms with Crippen molar-refractivity contribution >= 4 is 11.6 Å². The molecule has 0 bridgehead atoms. The highest BCUT2D eigenvalue weighted by Crippen LogP contribution is 2.39. The fourth-order valence-corrected chi connectivity index (χ4v) is 2.77. The summed E-state index contributed by atoms with van der Waals surface area (Å²) in [5.41, 5.74) is 2.47. The molecule has 0 radical (unpaired) electrons. The molecule has 1 aliphatic carbocycles. The summed E-state index contributed by atoms with van der Waals surface area (Å²) in [5.74, 6) is 1.03. The molecule has 4 rings (SSSR count). The fourth-order valence-electron chi connectivity index (χ4n) is 2.77. The molecule has 0 unspecified atom stereocenters. The lowest BCUT2D eigenvalue weighted by Crippen LogP contribution is -2.14. The van der Waals surface area contributed by atoms with Gasteiger partial charge in [0.05, 0.1) is 18.2 Å². The van der Waals surface area contributed by atoms with Gasteiger partial charge in [-0.15, -0.1) is 5.10 Å². The lowest BCUT2D eigenvalue weighted by molar-refractivity contribution is 0.101. The number of amides is 1. The van der Waals surface area contributed by atoms with Gasteiger partial charge in [-0.3, -0.25) is 4.79 Å². The largest absolute Gasteiger partial charge is 0.319 e. The fraction of sp³-hybridized carbons (Fsp3) is 0.200. The SMILES string of the molecule is N#CCc1ccc(NC(=O)c2nc(C3CC3)n(-c3ccccc3)n2)cc1. The normalized spacial score (nSPS) is 13.2. The highest BCUT2D eigenvalue weighted by Gasteiger charge is 2.31. The number of aromatic nitrogens is 3. The minimum absolute atomic E-state index is 0.164. The van der Waals surface area contributed by atoms with Crippen LogP contribution in [0.5, 0.6) is 0 Å². The first kappa shape index (κ1) is 16.0. The molecule has 6 nitrogen and oxygen atoms in total. The smallest absolute Gasteiger partial charge is 0.295 e. The number of nitrogens with zero attached hydrogens (tertiary/aromatic N) is 4. The van der Waals surface area contributed by atoms with Crippen molar-refractivity contribution in [2.45, 2.75) is 25.2 Å². The van der Waals surface area contributed by atoms with E-state index in [0.717, 1.165) is 29.9 Å². The second-order valence-corrected chi connectivity index (χ2v) is 6.30. The summed E-state index contributed by atoms with van der Waals surface area (Å²) in [6.45, 7) is 0. The topological polar surface area (TPSA) is 83.6 Å². The second-order valence-electron chi connectivity index (χ2n) is 6.30. The zero-order valence-electron chi connectivity index (χ0n) is 14.1. The van der Waals surface area contributed by atoms with Crippen molar-refractivity contribution in [1.82, 2.24) is 14.8 Å². The Kier molecular flexibility index (Phi) is 4.20. The van der Waals surface area contributed by atoms with Crippen LogP contribution in [0.25, 0.3) is 5.69 Å². The Labute approximate surface area is 151 Å². The molecule has 1 fully saturated rings. The molecular weight excluding hydrogens is 326 g/mol. The predicted octanol–water partition coefficient (Wildman–Crippen LogP) is 3.46. The summed E-state index contributed by atoms with van der Waals surface area (Å²) in [6, 6.07) is 19.0. The predicted molar refractivity (Wildman–Crippen MR) is 97.0 cm³/mol. The van der Waals surface area contributed by atoms with Crippen LogP contribution in [0.2, 0.25) is 0 Å². The molecule has 0 spiro atoms. The second kappa shape index (κ2) is 6.81. The molecule has 26 heavy (non-hydrogen) atoms.